The van der Waals surface area contributed by atoms with Gasteiger partial charge in [0.1, 0.15) is 6.04 Å². The summed E-state index contributed by atoms with van der Waals surface area (Å²) in [5, 5.41) is 11.4. The molecule has 0 aromatic rings. The van der Waals surface area contributed by atoms with Crippen molar-refractivity contribution >= 4 is 23.7 Å². The molecule has 1 unspecified atom stereocenters. The van der Waals surface area contributed by atoms with Gasteiger partial charge in [-0.15, -0.1) is 0 Å². The molecule has 1 aliphatic heterocycles. The molecule has 0 aromatic heterocycles. The highest BCUT2D eigenvalue weighted by molar-refractivity contribution is 5.91. The first kappa shape index (κ1) is 15.3. The summed E-state index contributed by atoms with van der Waals surface area (Å²) >= 11 is 0. The molecule has 1 saturated heterocycles. The van der Waals surface area contributed by atoms with Crippen LogP contribution < -0.4 is 11.1 Å². The topological polar surface area (TPSA) is 130 Å². The number of carbonyl (C=O) groups excluding carboxylic acids is 3. The van der Waals surface area contributed by atoms with Crippen molar-refractivity contribution in [2.24, 2.45) is 11.7 Å². The van der Waals surface area contributed by atoms with Gasteiger partial charge in [0.25, 0.3) is 0 Å². The van der Waals surface area contributed by atoms with Crippen molar-refractivity contribution in [2.75, 3.05) is 6.54 Å². The standard InChI is InChI=1S/C13H19N3O5/c14-10(17)4-3-9(13(20)21)15-12(19)7-5-11(18)16(6-7)8-1-2-8/h7-9H,1-6H2,(H2,14,17)(H,15,19)(H,20,21)/t7?,9-/m1/s1. The number of carbonyl (C=O) groups is 4. The number of aliphatic carboxylic acids is 1. The van der Waals surface area contributed by atoms with E-state index in [1.165, 1.54) is 0 Å². The normalized spacial score (nSPS) is 23.0. The number of amides is 3. The molecule has 2 aliphatic rings. The monoisotopic (exact) mass is 297 g/mol. The smallest absolute Gasteiger partial charge is 0.326 e. The molecule has 0 bridgehead atoms. The Morgan fingerprint density at radius 2 is 2.05 bits per heavy atom. The summed E-state index contributed by atoms with van der Waals surface area (Å²) in [6, 6.07) is -0.907. The highest BCUT2D eigenvalue weighted by atomic mass is 16.4. The number of nitrogens with one attached hydrogen (secondary N) is 1. The summed E-state index contributed by atoms with van der Waals surface area (Å²) in [5.74, 6) is -2.86. The number of likely N-dealkylation sites (tertiary alicyclic amines) is 1. The molecule has 2 atom stereocenters. The summed E-state index contributed by atoms with van der Waals surface area (Å²) in [6.45, 7) is 0.345. The maximum atomic E-state index is 12.1. The Labute approximate surface area is 121 Å². The van der Waals surface area contributed by atoms with E-state index in [1.54, 1.807) is 4.90 Å². The fourth-order valence-electron chi connectivity index (χ4n) is 2.48. The van der Waals surface area contributed by atoms with Crippen LogP contribution in [0.3, 0.4) is 0 Å². The predicted molar refractivity (Wildman–Crippen MR) is 70.8 cm³/mol. The van der Waals surface area contributed by atoms with Crippen LogP contribution in [0.1, 0.15) is 32.1 Å². The number of hydrogen-bond donors (Lipinski definition) is 3. The zero-order chi connectivity index (χ0) is 15.6. The third-order valence-corrected chi connectivity index (χ3v) is 3.81. The van der Waals surface area contributed by atoms with Gasteiger partial charge in [-0.1, -0.05) is 0 Å². The minimum atomic E-state index is -1.21. The molecule has 0 aromatic carbocycles. The van der Waals surface area contributed by atoms with Crippen molar-refractivity contribution in [3.8, 4) is 0 Å². The van der Waals surface area contributed by atoms with Crippen LogP contribution in [0.2, 0.25) is 0 Å². The van der Waals surface area contributed by atoms with Gasteiger partial charge in [0, 0.05) is 25.4 Å². The predicted octanol–water partition coefficient (Wildman–Crippen LogP) is -1.17. The molecule has 2 rings (SSSR count). The maximum absolute atomic E-state index is 12.1. The van der Waals surface area contributed by atoms with Crippen LogP contribution in [0, 0.1) is 5.92 Å². The van der Waals surface area contributed by atoms with E-state index in [0.29, 0.717) is 6.54 Å². The van der Waals surface area contributed by atoms with Gasteiger partial charge in [-0.05, 0) is 19.3 Å². The Kier molecular flexibility index (Phi) is 4.44. The molecule has 1 saturated carbocycles. The third kappa shape index (κ3) is 3.93. The molecule has 1 heterocycles. The van der Waals surface area contributed by atoms with Gasteiger partial charge in [-0.2, -0.15) is 0 Å². The molecule has 2 fully saturated rings. The van der Waals surface area contributed by atoms with Gasteiger partial charge in [0.05, 0.1) is 5.92 Å². The number of carboxylic acids is 1. The lowest BCUT2D eigenvalue weighted by Gasteiger charge is -2.18. The summed E-state index contributed by atoms with van der Waals surface area (Å²) in [4.78, 5) is 47.3. The number of hydrogen-bond acceptors (Lipinski definition) is 4. The molecule has 8 heteroatoms. The van der Waals surface area contributed by atoms with Gasteiger partial charge in [0.2, 0.25) is 17.7 Å². The summed E-state index contributed by atoms with van der Waals surface area (Å²) in [6.07, 6.45) is 1.88. The van der Waals surface area contributed by atoms with Crippen molar-refractivity contribution in [3.63, 3.8) is 0 Å². The average molecular weight is 297 g/mol. The maximum Gasteiger partial charge on any atom is 0.326 e. The van der Waals surface area contributed by atoms with Gasteiger partial charge in [0.15, 0.2) is 0 Å². The lowest BCUT2D eigenvalue weighted by molar-refractivity contribution is -0.142. The first-order valence-electron chi connectivity index (χ1n) is 6.99. The van der Waals surface area contributed by atoms with Gasteiger partial charge < -0.3 is 21.1 Å². The summed E-state index contributed by atoms with van der Waals surface area (Å²) in [5.41, 5.74) is 4.97. The van der Waals surface area contributed by atoms with Crippen LogP contribution in [-0.4, -0.2) is 52.3 Å². The van der Waals surface area contributed by atoms with Crippen LogP contribution in [0.5, 0.6) is 0 Å². The van der Waals surface area contributed by atoms with Crippen molar-refractivity contribution < 1.29 is 24.3 Å². The number of rotatable bonds is 7. The van der Waals surface area contributed by atoms with E-state index in [2.05, 4.69) is 5.32 Å². The summed E-state index contributed by atoms with van der Waals surface area (Å²) in [7, 11) is 0. The molecule has 8 nitrogen and oxygen atoms in total. The quantitative estimate of drug-likeness (QED) is 0.545. The Bertz CT molecular complexity index is 474. The molecule has 4 N–H and O–H groups in total. The molecule has 0 spiro atoms. The zero-order valence-electron chi connectivity index (χ0n) is 11.6. The Morgan fingerprint density at radius 1 is 1.38 bits per heavy atom. The second-order valence-corrected chi connectivity index (χ2v) is 5.58. The SMILES string of the molecule is NC(=O)CC[C@@H](NC(=O)C1CC(=O)N(C2CC2)C1)C(=O)O. The van der Waals surface area contributed by atoms with Crippen LogP contribution >= 0.6 is 0 Å². The molecule has 1 aliphatic carbocycles. The fraction of sp³-hybridized carbons (Fsp3) is 0.692. The third-order valence-electron chi connectivity index (χ3n) is 3.81. The lowest BCUT2D eigenvalue weighted by Crippen LogP contribution is -2.44. The lowest BCUT2D eigenvalue weighted by atomic mass is 10.1. The van der Waals surface area contributed by atoms with E-state index in [4.69, 9.17) is 10.8 Å². The molecule has 21 heavy (non-hydrogen) atoms. The largest absolute Gasteiger partial charge is 0.480 e. The van der Waals surface area contributed by atoms with Crippen molar-refractivity contribution in [1.29, 1.82) is 0 Å². The second kappa shape index (κ2) is 6.11. The van der Waals surface area contributed by atoms with Gasteiger partial charge in [-0.3, -0.25) is 14.4 Å². The molecular formula is C13H19N3O5. The van der Waals surface area contributed by atoms with E-state index < -0.39 is 29.7 Å². The van der Waals surface area contributed by atoms with E-state index in [0.717, 1.165) is 12.8 Å². The van der Waals surface area contributed by atoms with Crippen LogP contribution in [0.4, 0.5) is 0 Å². The Hall–Kier alpha value is -2.12. The minimum Gasteiger partial charge on any atom is -0.480 e. The van der Waals surface area contributed by atoms with Crippen molar-refractivity contribution in [2.45, 2.75) is 44.2 Å². The highest BCUT2D eigenvalue weighted by Crippen LogP contribution is 2.32. The average Bonchev–Trinajstić information content (AvgIpc) is 3.16. The van der Waals surface area contributed by atoms with E-state index >= 15 is 0 Å². The van der Waals surface area contributed by atoms with E-state index in [-0.39, 0.29) is 31.2 Å². The van der Waals surface area contributed by atoms with Crippen LogP contribution in [0.15, 0.2) is 0 Å². The molecule has 0 radical (unpaired) electrons. The van der Waals surface area contributed by atoms with Gasteiger partial charge in [-0.25, -0.2) is 4.79 Å². The summed E-state index contributed by atoms with van der Waals surface area (Å²) < 4.78 is 0. The minimum absolute atomic E-state index is 0.0522. The molecule has 3 amide bonds. The highest BCUT2D eigenvalue weighted by Gasteiger charge is 2.42. The first-order valence-corrected chi connectivity index (χ1v) is 6.99. The first-order chi connectivity index (χ1) is 9.88. The number of nitrogens with zero attached hydrogens (tertiary/aromatic N) is 1. The number of nitrogens with two attached hydrogens (primary N) is 1. The Morgan fingerprint density at radius 3 is 2.57 bits per heavy atom. The molecule has 116 valence electrons. The molecular weight excluding hydrogens is 278 g/mol. The number of primary amides is 1. The second-order valence-electron chi connectivity index (χ2n) is 5.58. The van der Waals surface area contributed by atoms with E-state index in [9.17, 15) is 19.2 Å². The fourth-order valence-corrected chi connectivity index (χ4v) is 2.48. The van der Waals surface area contributed by atoms with Crippen molar-refractivity contribution in [3.05, 3.63) is 0 Å². The van der Waals surface area contributed by atoms with E-state index in [1.807, 2.05) is 0 Å². The Balaban J connectivity index is 1.88. The van der Waals surface area contributed by atoms with Crippen molar-refractivity contribution in [1.82, 2.24) is 10.2 Å². The van der Waals surface area contributed by atoms with Crippen LogP contribution in [-0.2, 0) is 19.2 Å². The zero-order valence-corrected chi connectivity index (χ0v) is 11.6. The van der Waals surface area contributed by atoms with Crippen LogP contribution in [0.25, 0.3) is 0 Å². The van der Waals surface area contributed by atoms with Gasteiger partial charge >= 0.3 is 5.97 Å². The number of carboxylic acid groups (broad SMARTS) is 1.